The predicted octanol–water partition coefficient (Wildman–Crippen LogP) is 2.38. The van der Waals surface area contributed by atoms with Gasteiger partial charge in [0.15, 0.2) is 0 Å². The van der Waals surface area contributed by atoms with Gasteiger partial charge in [0.05, 0.1) is 0 Å². The smallest absolute Gasteiger partial charge is 0.130 e. The molecule has 1 heterocycles. The number of hydrogen-bond donors (Lipinski definition) is 2. The number of aromatic hydroxyl groups is 1. The summed E-state index contributed by atoms with van der Waals surface area (Å²) in [5.74, 6) is 0.385. The van der Waals surface area contributed by atoms with Gasteiger partial charge >= 0.3 is 0 Å². The fraction of sp³-hybridized carbons (Fsp3) is 0.538. The van der Waals surface area contributed by atoms with Crippen LogP contribution in [-0.4, -0.2) is 18.2 Å². The van der Waals surface area contributed by atoms with Crippen LogP contribution in [0.25, 0.3) is 0 Å². The molecule has 1 saturated heterocycles. The Labute approximate surface area is 95.5 Å². The molecule has 16 heavy (non-hydrogen) atoms. The highest BCUT2D eigenvalue weighted by Crippen LogP contribution is 2.25. The molecule has 3 heteroatoms. The molecule has 0 unspecified atom stereocenters. The zero-order chi connectivity index (χ0) is 11.5. The largest absolute Gasteiger partial charge is 0.508 e. The lowest BCUT2D eigenvalue weighted by molar-refractivity contribution is 0.371. The molecular formula is C13H18FNO. The first kappa shape index (κ1) is 11.4. The second-order valence-corrected chi connectivity index (χ2v) is 4.62. The molecule has 0 radical (unpaired) electrons. The SMILES string of the molecule is Cc1c(O)cc(CC2CCNCC2)cc1F. The Hall–Kier alpha value is -1.09. The van der Waals surface area contributed by atoms with Gasteiger partial charge in [-0.1, -0.05) is 0 Å². The van der Waals surface area contributed by atoms with Crippen LogP contribution in [0.15, 0.2) is 12.1 Å². The molecular weight excluding hydrogens is 205 g/mol. The predicted molar refractivity (Wildman–Crippen MR) is 62.1 cm³/mol. The third-order valence-electron chi connectivity index (χ3n) is 3.36. The molecule has 0 bridgehead atoms. The van der Waals surface area contributed by atoms with Gasteiger partial charge in [-0.15, -0.1) is 0 Å². The number of benzene rings is 1. The van der Waals surface area contributed by atoms with Crippen molar-refractivity contribution in [3.63, 3.8) is 0 Å². The maximum atomic E-state index is 13.4. The molecule has 1 aliphatic rings. The van der Waals surface area contributed by atoms with Gasteiger partial charge in [0.2, 0.25) is 0 Å². The molecule has 1 aromatic rings. The summed E-state index contributed by atoms with van der Waals surface area (Å²) in [5, 5.41) is 12.9. The second kappa shape index (κ2) is 4.83. The van der Waals surface area contributed by atoms with Gasteiger partial charge in [0.25, 0.3) is 0 Å². The summed E-state index contributed by atoms with van der Waals surface area (Å²) in [6.07, 6.45) is 3.14. The van der Waals surface area contributed by atoms with Crippen molar-refractivity contribution in [1.82, 2.24) is 5.32 Å². The first-order valence-corrected chi connectivity index (χ1v) is 5.85. The monoisotopic (exact) mass is 223 g/mol. The molecule has 2 N–H and O–H groups in total. The molecule has 0 aromatic heterocycles. The van der Waals surface area contributed by atoms with E-state index in [1.807, 2.05) is 0 Å². The standard InChI is InChI=1S/C13H18FNO/c1-9-12(14)7-11(8-13(9)16)6-10-2-4-15-5-3-10/h7-8,10,15-16H,2-6H2,1H3. The van der Waals surface area contributed by atoms with E-state index in [4.69, 9.17) is 0 Å². The minimum Gasteiger partial charge on any atom is -0.508 e. The molecule has 2 rings (SSSR count). The molecule has 0 amide bonds. The van der Waals surface area contributed by atoms with Crippen molar-refractivity contribution < 1.29 is 9.50 Å². The Morgan fingerprint density at radius 1 is 1.38 bits per heavy atom. The van der Waals surface area contributed by atoms with Crippen LogP contribution in [0.2, 0.25) is 0 Å². The molecule has 2 nitrogen and oxygen atoms in total. The van der Waals surface area contributed by atoms with Crippen molar-refractivity contribution in [2.75, 3.05) is 13.1 Å². The summed E-state index contributed by atoms with van der Waals surface area (Å²) >= 11 is 0. The summed E-state index contributed by atoms with van der Waals surface area (Å²) in [6.45, 7) is 3.69. The number of nitrogens with one attached hydrogen (secondary N) is 1. The first-order chi connectivity index (χ1) is 7.66. The average molecular weight is 223 g/mol. The van der Waals surface area contributed by atoms with Crippen LogP contribution in [0.1, 0.15) is 24.0 Å². The maximum absolute atomic E-state index is 13.4. The molecule has 0 saturated carbocycles. The third-order valence-corrected chi connectivity index (χ3v) is 3.36. The number of halogens is 1. The molecule has 1 fully saturated rings. The van der Waals surface area contributed by atoms with Crippen molar-refractivity contribution in [3.05, 3.63) is 29.1 Å². The Kier molecular flexibility index (Phi) is 3.44. The topological polar surface area (TPSA) is 32.3 Å². The zero-order valence-electron chi connectivity index (χ0n) is 9.59. The van der Waals surface area contributed by atoms with E-state index >= 15 is 0 Å². The molecule has 88 valence electrons. The van der Waals surface area contributed by atoms with Gasteiger partial charge in [-0.25, -0.2) is 4.39 Å². The van der Waals surface area contributed by atoms with Crippen LogP contribution >= 0.6 is 0 Å². The highest BCUT2D eigenvalue weighted by molar-refractivity contribution is 5.36. The van der Waals surface area contributed by atoms with Crippen LogP contribution in [0.3, 0.4) is 0 Å². The van der Waals surface area contributed by atoms with Crippen LogP contribution in [0.4, 0.5) is 4.39 Å². The Bertz CT molecular complexity index is 349. The van der Waals surface area contributed by atoms with E-state index in [9.17, 15) is 9.50 Å². The average Bonchev–Trinajstić information content (AvgIpc) is 2.27. The molecule has 0 aliphatic carbocycles. The molecule has 0 atom stereocenters. The number of rotatable bonds is 2. The summed E-state index contributed by atoms with van der Waals surface area (Å²) < 4.78 is 13.4. The van der Waals surface area contributed by atoms with E-state index in [1.54, 1.807) is 19.1 Å². The summed E-state index contributed by atoms with van der Waals surface area (Å²) in [6, 6.07) is 3.25. The molecule has 1 aliphatic heterocycles. The van der Waals surface area contributed by atoms with Crippen molar-refractivity contribution >= 4 is 0 Å². The lowest BCUT2D eigenvalue weighted by Gasteiger charge is -2.22. The fourth-order valence-corrected chi connectivity index (χ4v) is 2.26. The number of hydrogen-bond acceptors (Lipinski definition) is 2. The zero-order valence-corrected chi connectivity index (χ0v) is 9.59. The van der Waals surface area contributed by atoms with Gasteiger partial charge in [-0.3, -0.25) is 0 Å². The highest BCUT2D eigenvalue weighted by atomic mass is 19.1. The van der Waals surface area contributed by atoms with Crippen LogP contribution in [0.5, 0.6) is 5.75 Å². The Morgan fingerprint density at radius 3 is 2.69 bits per heavy atom. The maximum Gasteiger partial charge on any atom is 0.130 e. The van der Waals surface area contributed by atoms with E-state index in [2.05, 4.69) is 5.32 Å². The van der Waals surface area contributed by atoms with Crippen LogP contribution < -0.4 is 5.32 Å². The van der Waals surface area contributed by atoms with Crippen LogP contribution in [0, 0.1) is 18.7 Å². The number of phenols is 1. The minimum atomic E-state index is -0.302. The van der Waals surface area contributed by atoms with Gasteiger partial charge in [-0.2, -0.15) is 0 Å². The van der Waals surface area contributed by atoms with Crippen molar-refractivity contribution in [1.29, 1.82) is 0 Å². The number of phenolic OH excluding ortho intramolecular Hbond substituents is 1. The second-order valence-electron chi connectivity index (χ2n) is 4.62. The first-order valence-electron chi connectivity index (χ1n) is 5.85. The van der Waals surface area contributed by atoms with Gasteiger partial charge in [-0.05, 0) is 62.9 Å². The lowest BCUT2D eigenvalue weighted by atomic mass is 9.90. The van der Waals surface area contributed by atoms with Gasteiger partial charge < -0.3 is 10.4 Å². The van der Waals surface area contributed by atoms with Crippen molar-refractivity contribution in [2.45, 2.75) is 26.2 Å². The van der Waals surface area contributed by atoms with Gasteiger partial charge in [0, 0.05) is 5.56 Å². The number of piperidine rings is 1. The lowest BCUT2D eigenvalue weighted by Crippen LogP contribution is -2.28. The fourth-order valence-electron chi connectivity index (χ4n) is 2.26. The summed E-state index contributed by atoms with van der Waals surface area (Å²) in [7, 11) is 0. The normalized spacial score (nSPS) is 17.6. The van der Waals surface area contributed by atoms with Crippen molar-refractivity contribution in [3.8, 4) is 5.75 Å². The molecule has 0 spiro atoms. The quantitative estimate of drug-likeness (QED) is 0.806. The summed E-state index contributed by atoms with van der Waals surface area (Å²) in [5.41, 5.74) is 1.25. The Morgan fingerprint density at radius 2 is 2.06 bits per heavy atom. The third kappa shape index (κ3) is 2.53. The minimum absolute atomic E-state index is 0.0731. The van der Waals surface area contributed by atoms with E-state index in [0.29, 0.717) is 11.5 Å². The van der Waals surface area contributed by atoms with E-state index < -0.39 is 0 Å². The van der Waals surface area contributed by atoms with Crippen molar-refractivity contribution in [2.24, 2.45) is 5.92 Å². The van der Waals surface area contributed by atoms with Crippen LogP contribution in [-0.2, 0) is 6.42 Å². The highest BCUT2D eigenvalue weighted by Gasteiger charge is 2.15. The van der Waals surface area contributed by atoms with E-state index in [-0.39, 0.29) is 11.6 Å². The summed E-state index contributed by atoms with van der Waals surface area (Å²) in [4.78, 5) is 0. The van der Waals surface area contributed by atoms with E-state index in [1.165, 1.54) is 0 Å². The van der Waals surface area contributed by atoms with Gasteiger partial charge in [0.1, 0.15) is 11.6 Å². The molecule has 1 aromatic carbocycles. The van der Waals surface area contributed by atoms with E-state index in [0.717, 1.165) is 37.9 Å². The Balaban J connectivity index is 2.09.